The second-order valence-corrected chi connectivity index (χ2v) is 2.94. The minimum atomic E-state index is 0.768. The van der Waals surface area contributed by atoms with Gasteiger partial charge in [0.25, 0.3) is 0 Å². The molecule has 4 heteroatoms. The summed E-state index contributed by atoms with van der Waals surface area (Å²) in [5.41, 5.74) is 6.02. The minimum absolute atomic E-state index is 0.768. The van der Waals surface area contributed by atoms with E-state index in [1.807, 2.05) is 31.2 Å². The van der Waals surface area contributed by atoms with Crippen LogP contribution in [-0.2, 0) is 0 Å². The summed E-state index contributed by atoms with van der Waals surface area (Å²) in [4.78, 5) is 0. The van der Waals surface area contributed by atoms with Gasteiger partial charge in [0.05, 0.1) is 6.20 Å². The Morgan fingerprint density at radius 1 is 1.29 bits per heavy atom. The first-order valence-electron chi connectivity index (χ1n) is 4.61. The van der Waals surface area contributed by atoms with E-state index in [-0.39, 0.29) is 0 Å². The number of nitrogens with one attached hydrogen (secondary N) is 2. The van der Waals surface area contributed by atoms with Gasteiger partial charge >= 0.3 is 0 Å². The third-order valence-electron chi connectivity index (χ3n) is 1.95. The van der Waals surface area contributed by atoms with E-state index in [0.717, 1.165) is 23.1 Å². The molecule has 0 amide bonds. The van der Waals surface area contributed by atoms with Crippen LogP contribution in [0.3, 0.4) is 0 Å². The topological polar surface area (TPSA) is 49.8 Å². The number of hydrogen-bond donors (Lipinski definition) is 2. The van der Waals surface area contributed by atoms with Gasteiger partial charge in [0, 0.05) is 17.3 Å². The Labute approximate surface area is 82.3 Å². The van der Waals surface area contributed by atoms with Gasteiger partial charge in [-0.2, -0.15) is 5.10 Å². The second kappa shape index (κ2) is 4.02. The lowest BCUT2D eigenvalue weighted by Crippen LogP contribution is -2.21. The molecule has 1 aromatic heterocycles. The number of benzene rings is 1. The van der Waals surface area contributed by atoms with Crippen molar-refractivity contribution < 1.29 is 0 Å². The molecule has 1 heterocycles. The predicted molar refractivity (Wildman–Crippen MR) is 56.8 cm³/mol. The van der Waals surface area contributed by atoms with Crippen LogP contribution in [0.1, 0.15) is 6.92 Å². The molecule has 0 aliphatic rings. The van der Waals surface area contributed by atoms with Gasteiger partial charge in [-0.15, -0.1) is 5.10 Å². The zero-order valence-electron chi connectivity index (χ0n) is 7.99. The molecule has 72 valence electrons. The number of rotatable bonds is 3. The molecule has 0 aliphatic heterocycles. The van der Waals surface area contributed by atoms with Crippen LogP contribution in [0.25, 0.3) is 10.8 Å². The molecular weight excluding hydrogens is 176 g/mol. The van der Waals surface area contributed by atoms with Crippen molar-refractivity contribution >= 4 is 16.6 Å². The van der Waals surface area contributed by atoms with Crippen LogP contribution in [0, 0.1) is 0 Å². The minimum Gasteiger partial charge on any atom is -0.304 e. The number of aromatic nitrogens is 2. The van der Waals surface area contributed by atoms with Crippen LogP contribution in [0.15, 0.2) is 30.5 Å². The lowest BCUT2D eigenvalue weighted by molar-refractivity contribution is 0.830. The molecule has 1 aromatic carbocycles. The Morgan fingerprint density at radius 2 is 2.14 bits per heavy atom. The highest BCUT2D eigenvalue weighted by Gasteiger charge is 2.00. The van der Waals surface area contributed by atoms with Crippen molar-refractivity contribution in [2.45, 2.75) is 6.92 Å². The second-order valence-electron chi connectivity index (χ2n) is 2.94. The van der Waals surface area contributed by atoms with E-state index in [4.69, 9.17) is 0 Å². The van der Waals surface area contributed by atoms with E-state index in [9.17, 15) is 0 Å². The van der Waals surface area contributed by atoms with Crippen LogP contribution in [0.5, 0.6) is 0 Å². The van der Waals surface area contributed by atoms with E-state index < -0.39 is 0 Å². The number of nitrogens with zero attached hydrogens (tertiary/aromatic N) is 2. The number of fused-ring (bicyclic) bond motifs is 1. The van der Waals surface area contributed by atoms with Gasteiger partial charge < -0.3 is 5.43 Å². The van der Waals surface area contributed by atoms with E-state index in [1.165, 1.54) is 0 Å². The molecule has 2 N–H and O–H groups in total. The maximum atomic E-state index is 4.02. The molecule has 0 saturated heterocycles. The molecule has 2 rings (SSSR count). The van der Waals surface area contributed by atoms with Crippen LogP contribution >= 0.6 is 0 Å². The fraction of sp³-hybridized carbons (Fsp3) is 0.200. The summed E-state index contributed by atoms with van der Waals surface area (Å²) in [6, 6.07) is 8.01. The predicted octanol–water partition coefficient (Wildman–Crippen LogP) is 1.57. The lowest BCUT2D eigenvalue weighted by Gasteiger charge is -2.06. The van der Waals surface area contributed by atoms with E-state index in [2.05, 4.69) is 21.0 Å². The quantitative estimate of drug-likeness (QED) is 0.718. The Balaban J connectivity index is 2.43. The van der Waals surface area contributed by atoms with Gasteiger partial charge in [-0.1, -0.05) is 31.2 Å². The van der Waals surface area contributed by atoms with E-state index in [0.29, 0.717) is 0 Å². The fourth-order valence-corrected chi connectivity index (χ4v) is 1.29. The highest BCUT2D eigenvalue weighted by Crippen LogP contribution is 2.17. The average Bonchev–Trinajstić information content (AvgIpc) is 2.26. The van der Waals surface area contributed by atoms with Crippen molar-refractivity contribution in [3.8, 4) is 0 Å². The Morgan fingerprint density at radius 3 is 3.00 bits per heavy atom. The lowest BCUT2D eigenvalue weighted by atomic mass is 10.2. The van der Waals surface area contributed by atoms with Gasteiger partial charge in [0.1, 0.15) is 0 Å². The first-order chi connectivity index (χ1) is 6.92. The first-order valence-corrected chi connectivity index (χ1v) is 4.61. The van der Waals surface area contributed by atoms with Crippen molar-refractivity contribution in [1.82, 2.24) is 15.6 Å². The van der Waals surface area contributed by atoms with E-state index >= 15 is 0 Å². The maximum absolute atomic E-state index is 4.02. The van der Waals surface area contributed by atoms with Gasteiger partial charge in [0.2, 0.25) is 0 Å². The SMILES string of the molecule is CCNNc1nncc2ccccc12. The normalized spacial score (nSPS) is 10.4. The summed E-state index contributed by atoms with van der Waals surface area (Å²) in [7, 11) is 0. The van der Waals surface area contributed by atoms with Gasteiger partial charge in [-0.05, 0) is 0 Å². The van der Waals surface area contributed by atoms with Gasteiger partial charge in [-0.3, -0.25) is 0 Å². The molecule has 0 radical (unpaired) electrons. The molecule has 0 bridgehead atoms. The monoisotopic (exact) mass is 188 g/mol. The fourth-order valence-electron chi connectivity index (χ4n) is 1.29. The molecule has 0 saturated carbocycles. The molecule has 0 fully saturated rings. The van der Waals surface area contributed by atoms with Crippen molar-refractivity contribution in [3.05, 3.63) is 30.5 Å². The van der Waals surface area contributed by atoms with Crippen LogP contribution in [-0.4, -0.2) is 16.7 Å². The number of hydrazine groups is 1. The third-order valence-corrected chi connectivity index (χ3v) is 1.95. The van der Waals surface area contributed by atoms with Crippen LogP contribution in [0.4, 0.5) is 5.82 Å². The molecule has 4 nitrogen and oxygen atoms in total. The highest BCUT2D eigenvalue weighted by atomic mass is 15.4. The molecule has 2 aromatic rings. The molecule has 0 atom stereocenters. The zero-order chi connectivity index (χ0) is 9.80. The molecule has 0 aliphatic carbocycles. The molecule has 0 unspecified atom stereocenters. The maximum Gasteiger partial charge on any atom is 0.170 e. The summed E-state index contributed by atoms with van der Waals surface area (Å²) in [5.74, 6) is 0.768. The van der Waals surface area contributed by atoms with Gasteiger partial charge in [-0.25, -0.2) is 5.43 Å². The summed E-state index contributed by atoms with van der Waals surface area (Å²) in [6.45, 7) is 2.86. The average molecular weight is 188 g/mol. The first kappa shape index (κ1) is 8.90. The Hall–Kier alpha value is -1.68. The van der Waals surface area contributed by atoms with Crippen molar-refractivity contribution in [3.63, 3.8) is 0 Å². The van der Waals surface area contributed by atoms with Gasteiger partial charge in [0.15, 0.2) is 5.82 Å². The third kappa shape index (κ3) is 1.65. The largest absolute Gasteiger partial charge is 0.304 e. The molecule has 0 spiro atoms. The van der Waals surface area contributed by atoms with E-state index in [1.54, 1.807) is 6.20 Å². The molecular formula is C10H12N4. The van der Waals surface area contributed by atoms with Crippen molar-refractivity contribution in [1.29, 1.82) is 0 Å². The summed E-state index contributed by atoms with van der Waals surface area (Å²) in [5, 5.41) is 10.1. The standard InChI is InChI=1S/C10H12N4/c1-2-11-13-10-9-6-4-3-5-8(9)7-12-14-10/h3-7,11H,2H2,1H3,(H,13,14). The zero-order valence-corrected chi connectivity index (χ0v) is 7.99. The Kier molecular flexibility index (Phi) is 2.55. The van der Waals surface area contributed by atoms with Crippen LogP contribution in [0.2, 0.25) is 0 Å². The van der Waals surface area contributed by atoms with Crippen molar-refractivity contribution in [2.75, 3.05) is 12.0 Å². The van der Waals surface area contributed by atoms with Crippen molar-refractivity contribution in [2.24, 2.45) is 0 Å². The summed E-state index contributed by atoms with van der Waals surface area (Å²) < 4.78 is 0. The smallest absolute Gasteiger partial charge is 0.170 e. The highest BCUT2D eigenvalue weighted by molar-refractivity contribution is 5.90. The summed E-state index contributed by atoms with van der Waals surface area (Å²) >= 11 is 0. The molecule has 14 heavy (non-hydrogen) atoms. The number of anilines is 1. The summed E-state index contributed by atoms with van der Waals surface area (Å²) in [6.07, 6.45) is 1.76. The van der Waals surface area contributed by atoms with Crippen LogP contribution < -0.4 is 10.9 Å². The Bertz CT molecular complexity index is 422. The number of hydrogen-bond acceptors (Lipinski definition) is 4.